The second-order valence-electron chi connectivity index (χ2n) is 6.20. The molecule has 0 bridgehead atoms. The third kappa shape index (κ3) is 3.51. The largest absolute Gasteiger partial charge is 0.419 e. The van der Waals surface area contributed by atoms with Crippen LogP contribution in [0.4, 0.5) is 0 Å². The normalized spacial score (nSPS) is 14.2. The second-order valence-corrected chi connectivity index (χ2v) is 7.97. The summed E-state index contributed by atoms with van der Waals surface area (Å²) in [7, 11) is -3.64. The van der Waals surface area contributed by atoms with Crippen molar-refractivity contribution in [1.29, 1.82) is 0 Å². The van der Waals surface area contributed by atoms with Gasteiger partial charge < -0.3 is 4.42 Å². The molecule has 2 heterocycles. The molecule has 1 N–H and O–H groups in total. The van der Waals surface area contributed by atoms with Crippen molar-refractivity contribution in [2.45, 2.75) is 37.1 Å². The second kappa shape index (κ2) is 6.97. The summed E-state index contributed by atoms with van der Waals surface area (Å²) in [4.78, 5) is 4.20. The SMILES string of the molecule is O=S(=O)(NCc1nnc(-c2ccncc2)o1)c1ccc2c(c1)CCCC2. The molecule has 0 saturated carbocycles. The van der Waals surface area contributed by atoms with Gasteiger partial charge in [-0.15, -0.1) is 10.2 Å². The Balaban J connectivity index is 1.48. The van der Waals surface area contributed by atoms with Crippen molar-refractivity contribution >= 4 is 10.0 Å². The van der Waals surface area contributed by atoms with E-state index in [0.29, 0.717) is 5.89 Å². The van der Waals surface area contributed by atoms with Crippen LogP contribution in [-0.4, -0.2) is 23.6 Å². The number of nitrogens with one attached hydrogen (secondary N) is 1. The summed E-state index contributed by atoms with van der Waals surface area (Å²) >= 11 is 0. The molecule has 0 aliphatic heterocycles. The van der Waals surface area contributed by atoms with Gasteiger partial charge in [0.2, 0.25) is 21.8 Å². The van der Waals surface area contributed by atoms with Crippen LogP contribution in [0.2, 0.25) is 0 Å². The summed E-state index contributed by atoms with van der Waals surface area (Å²) in [5, 5.41) is 7.83. The molecule has 3 aromatic rings. The minimum Gasteiger partial charge on any atom is -0.419 e. The molecule has 7 nitrogen and oxygen atoms in total. The highest BCUT2D eigenvalue weighted by molar-refractivity contribution is 7.89. The van der Waals surface area contributed by atoms with Gasteiger partial charge in [-0.1, -0.05) is 6.07 Å². The van der Waals surface area contributed by atoms with E-state index in [1.807, 2.05) is 6.07 Å². The highest BCUT2D eigenvalue weighted by Crippen LogP contribution is 2.24. The molecule has 0 fully saturated rings. The molecule has 0 spiro atoms. The Morgan fingerprint density at radius 1 is 1.00 bits per heavy atom. The van der Waals surface area contributed by atoms with E-state index >= 15 is 0 Å². The van der Waals surface area contributed by atoms with Crippen molar-refractivity contribution in [1.82, 2.24) is 19.9 Å². The number of benzene rings is 1. The van der Waals surface area contributed by atoms with Crippen molar-refractivity contribution in [3.05, 3.63) is 59.7 Å². The van der Waals surface area contributed by atoms with E-state index in [1.165, 1.54) is 5.56 Å². The van der Waals surface area contributed by atoms with Crippen LogP contribution in [0.25, 0.3) is 11.5 Å². The Labute approximate surface area is 151 Å². The summed E-state index contributed by atoms with van der Waals surface area (Å²) in [6.07, 6.45) is 7.45. The lowest BCUT2D eigenvalue weighted by molar-refractivity contribution is 0.494. The lowest BCUT2D eigenvalue weighted by atomic mass is 9.92. The lowest BCUT2D eigenvalue weighted by Crippen LogP contribution is -2.23. The predicted octanol–water partition coefficient (Wildman–Crippen LogP) is 2.49. The maximum Gasteiger partial charge on any atom is 0.247 e. The first kappa shape index (κ1) is 16.9. The molecular formula is C18H18N4O3S. The van der Waals surface area contributed by atoms with Crippen LogP contribution in [0, 0.1) is 0 Å². The monoisotopic (exact) mass is 370 g/mol. The third-order valence-corrected chi connectivity index (χ3v) is 5.84. The van der Waals surface area contributed by atoms with Crippen molar-refractivity contribution in [3.8, 4) is 11.5 Å². The molecule has 0 unspecified atom stereocenters. The summed E-state index contributed by atoms with van der Waals surface area (Å²) in [6, 6.07) is 8.83. The third-order valence-electron chi connectivity index (χ3n) is 4.44. The number of pyridine rings is 1. The van der Waals surface area contributed by atoms with Gasteiger partial charge in [0.1, 0.15) is 0 Å². The highest BCUT2D eigenvalue weighted by Gasteiger charge is 2.19. The van der Waals surface area contributed by atoms with Crippen LogP contribution in [0.3, 0.4) is 0 Å². The van der Waals surface area contributed by atoms with Gasteiger partial charge in [0.25, 0.3) is 0 Å². The summed E-state index contributed by atoms with van der Waals surface area (Å²) < 4.78 is 33.2. The number of hydrogen-bond acceptors (Lipinski definition) is 6. The van der Waals surface area contributed by atoms with Crippen molar-refractivity contribution in [3.63, 3.8) is 0 Å². The van der Waals surface area contributed by atoms with E-state index in [9.17, 15) is 8.42 Å². The average Bonchev–Trinajstić information content (AvgIpc) is 3.16. The van der Waals surface area contributed by atoms with Gasteiger partial charge in [0, 0.05) is 18.0 Å². The lowest BCUT2D eigenvalue weighted by Gasteiger charge is -2.16. The fourth-order valence-corrected chi connectivity index (χ4v) is 4.08. The summed E-state index contributed by atoms with van der Waals surface area (Å²) in [6.45, 7) is -0.0580. The first-order valence-corrected chi connectivity index (χ1v) is 9.94. The quantitative estimate of drug-likeness (QED) is 0.741. The minimum absolute atomic E-state index is 0.0580. The van der Waals surface area contributed by atoms with E-state index < -0.39 is 10.0 Å². The summed E-state index contributed by atoms with van der Waals surface area (Å²) in [5.41, 5.74) is 3.10. The van der Waals surface area contributed by atoms with Crippen molar-refractivity contribution < 1.29 is 12.8 Å². The van der Waals surface area contributed by atoms with Gasteiger partial charge in [0.15, 0.2) is 0 Å². The van der Waals surface area contributed by atoms with E-state index in [2.05, 4.69) is 19.9 Å². The fourth-order valence-electron chi connectivity index (χ4n) is 3.05. The molecule has 4 rings (SSSR count). The van der Waals surface area contributed by atoms with E-state index in [1.54, 1.807) is 36.7 Å². The minimum atomic E-state index is -3.64. The molecule has 0 radical (unpaired) electrons. The van der Waals surface area contributed by atoms with Crippen LogP contribution in [0.15, 0.2) is 52.0 Å². The zero-order chi connectivity index (χ0) is 18.0. The fraction of sp³-hybridized carbons (Fsp3) is 0.278. The number of rotatable bonds is 5. The molecule has 134 valence electrons. The van der Waals surface area contributed by atoms with Crippen LogP contribution in [-0.2, 0) is 29.4 Å². The van der Waals surface area contributed by atoms with Crippen LogP contribution < -0.4 is 4.72 Å². The number of sulfonamides is 1. The number of aryl methyl sites for hydroxylation is 2. The number of nitrogens with zero attached hydrogens (tertiary/aromatic N) is 3. The number of fused-ring (bicyclic) bond motifs is 1. The van der Waals surface area contributed by atoms with Gasteiger partial charge in [-0.2, -0.15) is 0 Å². The van der Waals surface area contributed by atoms with Gasteiger partial charge in [0.05, 0.1) is 11.4 Å². The predicted molar refractivity (Wildman–Crippen MR) is 94.6 cm³/mol. The molecule has 0 atom stereocenters. The van der Waals surface area contributed by atoms with Crippen LogP contribution in [0.5, 0.6) is 0 Å². The van der Waals surface area contributed by atoms with Crippen LogP contribution >= 0.6 is 0 Å². The van der Waals surface area contributed by atoms with Gasteiger partial charge in [-0.25, -0.2) is 13.1 Å². The molecule has 1 aliphatic carbocycles. The number of aromatic nitrogens is 3. The molecule has 0 amide bonds. The highest BCUT2D eigenvalue weighted by atomic mass is 32.2. The Hall–Kier alpha value is -2.58. The van der Waals surface area contributed by atoms with E-state index in [4.69, 9.17) is 4.42 Å². The van der Waals surface area contributed by atoms with Gasteiger partial charge >= 0.3 is 0 Å². The molecule has 2 aromatic heterocycles. The Morgan fingerprint density at radius 3 is 2.58 bits per heavy atom. The topological polar surface area (TPSA) is 98.0 Å². The summed E-state index contributed by atoms with van der Waals surface area (Å²) in [5.74, 6) is 0.536. The smallest absolute Gasteiger partial charge is 0.247 e. The van der Waals surface area contributed by atoms with E-state index in [-0.39, 0.29) is 17.3 Å². The van der Waals surface area contributed by atoms with E-state index in [0.717, 1.165) is 36.8 Å². The van der Waals surface area contributed by atoms with Gasteiger partial charge in [-0.3, -0.25) is 4.98 Å². The van der Waals surface area contributed by atoms with Crippen molar-refractivity contribution in [2.75, 3.05) is 0 Å². The molecule has 26 heavy (non-hydrogen) atoms. The average molecular weight is 370 g/mol. The van der Waals surface area contributed by atoms with Crippen LogP contribution in [0.1, 0.15) is 29.9 Å². The molecular weight excluding hydrogens is 352 g/mol. The first-order valence-electron chi connectivity index (χ1n) is 8.46. The van der Waals surface area contributed by atoms with Crippen molar-refractivity contribution in [2.24, 2.45) is 0 Å². The Bertz CT molecular complexity index is 1020. The maximum absolute atomic E-state index is 12.6. The molecule has 8 heteroatoms. The van der Waals surface area contributed by atoms with Gasteiger partial charge in [-0.05, 0) is 61.1 Å². The Morgan fingerprint density at radius 2 is 1.77 bits per heavy atom. The zero-order valence-corrected chi connectivity index (χ0v) is 14.9. The molecule has 0 saturated heterocycles. The number of hydrogen-bond donors (Lipinski definition) is 1. The first-order chi connectivity index (χ1) is 12.6. The zero-order valence-electron chi connectivity index (χ0n) is 14.1. The Kier molecular flexibility index (Phi) is 4.52. The maximum atomic E-state index is 12.6. The molecule has 1 aromatic carbocycles. The standard InChI is InChI=1S/C18H18N4O3S/c23-26(24,16-6-5-13-3-1-2-4-15(13)11-16)20-12-17-21-22-18(25-17)14-7-9-19-10-8-14/h5-11,20H,1-4,12H2. The molecule has 1 aliphatic rings.